The van der Waals surface area contributed by atoms with E-state index in [2.05, 4.69) is 32.2 Å². The maximum Gasteiger partial charge on any atom is 0.258 e. The van der Waals surface area contributed by atoms with Crippen LogP contribution in [0.2, 0.25) is 5.02 Å². The summed E-state index contributed by atoms with van der Waals surface area (Å²) in [5.74, 6) is 0.556. The Balaban J connectivity index is 1.83. The molecule has 0 fully saturated rings. The third-order valence-corrected chi connectivity index (χ3v) is 3.72. The maximum atomic E-state index is 11.9. The van der Waals surface area contributed by atoms with Gasteiger partial charge in [-0.25, -0.2) is 0 Å². The highest BCUT2D eigenvalue weighted by atomic mass is 35.5. The van der Waals surface area contributed by atoms with E-state index >= 15 is 0 Å². The monoisotopic (exact) mass is 331 g/mol. The molecule has 0 heterocycles. The molecule has 2 aromatic carbocycles. The lowest BCUT2D eigenvalue weighted by atomic mass is 9.87. The Labute approximate surface area is 142 Å². The number of ether oxygens (including phenoxy) is 1. The SMILES string of the molecule is CC(C)(C)c1cccc(OCC(=O)NCc2ccc(Cl)cc2)c1. The second kappa shape index (κ2) is 7.51. The van der Waals surface area contributed by atoms with Crippen LogP contribution < -0.4 is 10.1 Å². The third-order valence-electron chi connectivity index (χ3n) is 3.47. The number of halogens is 1. The van der Waals surface area contributed by atoms with Crippen molar-refractivity contribution in [2.75, 3.05) is 6.61 Å². The van der Waals surface area contributed by atoms with Gasteiger partial charge in [-0.05, 0) is 40.8 Å². The van der Waals surface area contributed by atoms with Gasteiger partial charge >= 0.3 is 0 Å². The first-order valence-corrected chi connectivity index (χ1v) is 7.97. The zero-order valence-electron chi connectivity index (χ0n) is 13.7. The fraction of sp³-hybridized carbons (Fsp3) is 0.316. The Morgan fingerprint density at radius 2 is 1.83 bits per heavy atom. The van der Waals surface area contributed by atoms with Crippen molar-refractivity contribution in [3.63, 3.8) is 0 Å². The standard InChI is InChI=1S/C19H22ClNO2/c1-19(2,3)15-5-4-6-17(11-15)23-13-18(22)21-12-14-7-9-16(20)10-8-14/h4-11H,12-13H2,1-3H3,(H,21,22). The van der Waals surface area contributed by atoms with Crippen molar-refractivity contribution < 1.29 is 9.53 Å². The molecule has 0 spiro atoms. The predicted octanol–water partition coefficient (Wildman–Crippen LogP) is 4.33. The summed E-state index contributed by atoms with van der Waals surface area (Å²) in [6.45, 7) is 6.89. The van der Waals surface area contributed by atoms with Crippen LogP contribution in [-0.4, -0.2) is 12.5 Å². The van der Waals surface area contributed by atoms with Crippen LogP contribution in [0.3, 0.4) is 0 Å². The molecule has 23 heavy (non-hydrogen) atoms. The van der Waals surface area contributed by atoms with E-state index in [1.54, 1.807) is 12.1 Å². The Bertz CT molecular complexity index is 660. The molecule has 122 valence electrons. The fourth-order valence-corrected chi connectivity index (χ4v) is 2.18. The molecule has 0 atom stereocenters. The molecule has 4 heteroatoms. The number of amides is 1. The summed E-state index contributed by atoms with van der Waals surface area (Å²) >= 11 is 5.83. The van der Waals surface area contributed by atoms with Crippen molar-refractivity contribution in [3.05, 3.63) is 64.7 Å². The third kappa shape index (κ3) is 5.61. The molecule has 0 aliphatic heterocycles. The average Bonchev–Trinajstić information content (AvgIpc) is 2.52. The largest absolute Gasteiger partial charge is 0.484 e. The number of benzene rings is 2. The van der Waals surface area contributed by atoms with E-state index in [9.17, 15) is 4.79 Å². The topological polar surface area (TPSA) is 38.3 Å². The van der Waals surface area contributed by atoms with Crippen molar-refractivity contribution in [2.24, 2.45) is 0 Å². The van der Waals surface area contributed by atoms with Crippen LogP contribution in [0.25, 0.3) is 0 Å². The van der Waals surface area contributed by atoms with Crippen LogP contribution in [0.15, 0.2) is 48.5 Å². The van der Waals surface area contributed by atoms with E-state index in [0.717, 1.165) is 5.56 Å². The van der Waals surface area contributed by atoms with Gasteiger partial charge in [0.05, 0.1) is 0 Å². The van der Waals surface area contributed by atoms with Gasteiger partial charge in [0.1, 0.15) is 5.75 Å². The van der Waals surface area contributed by atoms with Gasteiger partial charge < -0.3 is 10.1 Å². The molecule has 1 amide bonds. The number of hydrogen-bond acceptors (Lipinski definition) is 2. The highest BCUT2D eigenvalue weighted by molar-refractivity contribution is 6.30. The minimum absolute atomic E-state index is 0.00118. The van der Waals surface area contributed by atoms with Crippen LogP contribution >= 0.6 is 11.6 Å². The van der Waals surface area contributed by atoms with Crippen molar-refractivity contribution in [2.45, 2.75) is 32.7 Å². The summed E-state index contributed by atoms with van der Waals surface area (Å²) in [6, 6.07) is 15.2. The van der Waals surface area contributed by atoms with Gasteiger partial charge in [-0.2, -0.15) is 0 Å². The zero-order chi connectivity index (χ0) is 16.9. The minimum Gasteiger partial charge on any atom is -0.484 e. The lowest BCUT2D eigenvalue weighted by Gasteiger charge is -2.19. The molecular formula is C19H22ClNO2. The molecule has 0 bridgehead atoms. The van der Waals surface area contributed by atoms with E-state index in [4.69, 9.17) is 16.3 Å². The van der Waals surface area contributed by atoms with Gasteiger partial charge in [-0.3, -0.25) is 4.79 Å². The van der Waals surface area contributed by atoms with E-state index in [-0.39, 0.29) is 17.9 Å². The van der Waals surface area contributed by atoms with E-state index in [0.29, 0.717) is 17.3 Å². The van der Waals surface area contributed by atoms with Gasteiger partial charge in [0.2, 0.25) is 0 Å². The summed E-state index contributed by atoms with van der Waals surface area (Å²) in [6.07, 6.45) is 0. The van der Waals surface area contributed by atoms with Gasteiger partial charge in [0, 0.05) is 11.6 Å². The van der Waals surface area contributed by atoms with Crippen LogP contribution in [-0.2, 0) is 16.8 Å². The minimum atomic E-state index is -0.152. The molecule has 0 aromatic heterocycles. The summed E-state index contributed by atoms with van der Waals surface area (Å²) in [5, 5.41) is 3.51. The van der Waals surface area contributed by atoms with Crippen LogP contribution in [0.1, 0.15) is 31.9 Å². The first kappa shape index (κ1) is 17.4. The smallest absolute Gasteiger partial charge is 0.258 e. The molecular weight excluding hydrogens is 310 g/mol. The average molecular weight is 332 g/mol. The van der Waals surface area contributed by atoms with Gasteiger partial charge in [0.15, 0.2) is 6.61 Å². The molecule has 0 saturated carbocycles. The first-order chi connectivity index (χ1) is 10.8. The van der Waals surface area contributed by atoms with E-state index in [1.807, 2.05) is 30.3 Å². The van der Waals surface area contributed by atoms with Crippen LogP contribution in [0, 0.1) is 0 Å². The molecule has 2 rings (SSSR count). The summed E-state index contributed by atoms with van der Waals surface area (Å²) in [4.78, 5) is 11.9. The molecule has 0 aliphatic carbocycles. The normalized spacial score (nSPS) is 11.1. The Morgan fingerprint density at radius 3 is 2.48 bits per heavy atom. The van der Waals surface area contributed by atoms with Crippen LogP contribution in [0.5, 0.6) is 5.75 Å². The molecule has 1 N–H and O–H groups in total. The lowest BCUT2D eigenvalue weighted by Crippen LogP contribution is -2.28. The second-order valence-corrected chi connectivity index (χ2v) is 6.91. The molecule has 0 unspecified atom stereocenters. The predicted molar refractivity (Wildman–Crippen MR) is 93.9 cm³/mol. The number of rotatable bonds is 5. The second-order valence-electron chi connectivity index (χ2n) is 6.47. The molecule has 2 aromatic rings. The maximum absolute atomic E-state index is 11.9. The summed E-state index contributed by atoms with van der Waals surface area (Å²) < 4.78 is 5.58. The fourth-order valence-electron chi connectivity index (χ4n) is 2.06. The Hall–Kier alpha value is -2.00. The molecule has 0 saturated heterocycles. The van der Waals surface area contributed by atoms with Crippen molar-refractivity contribution >= 4 is 17.5 Å². The van der Waals surface area contributed by atoms with Gasteiger partial charge in [0.25, 0.3) is 5.91 Å². The van der Waals surface area contributed by atoms with Crippen molar-refractivity contribution in [1.29, 1.82) is 0 Å². The molecule has 3 nitrogen and oxygen atoms in total. The van der Waals surface area contributed by atoms with Crippen molar-refractivity contribution in [3.8, 4) is 5.75 Å². The summed E-state index contributed by atoms with van der Waals surface area (Å²) in [7, 11) is 0. The van der Waals surface area contributed by atoms with Gasteiger partial charge in [-0.1, -0.05) is 56.6 Å². The highest BCUT2D eigenvalue weighted by Crippen LogP contribution is 2.25. The first-order valence-electron chi connectivity index (χ1n) is 7.59. The van der Waals surface area contributed by atoms with Gasteiger partial charge in [-0.15, -0.1) is 0 Å². The number of carbonyl (C=O) groups excluding carboxylic acids is 1. The van der Waals surface area contributed by atoms with Crippen LogP contribution in [0.4, 0.5) is 0 Å². The summed E-state index contributed by atoms with van der Waals surface area (Å²) in [5.41, 5.74) is 2.23. The van der Waals surface area contributed by atoms with E-state index < -0.39 is 0 Å². The Kier molecular flexibility index (Phi) is 5.67. The zero-order valence-corrected chi connectivity index (χ0v) is 14.5. The Morgan fingerprint density at radius 1 is 1.13 bits per heavy atom. The molecule has 0 aliphatic rings. The van der Waals surface area contributed by atoms with Crippen molar-refractivity contribution in [1.82, 2.24) is 5.32 Å². The number of hydrogen-bond donors (Lipinski definition) is 1. The molecule has 0 radical (unpaired) electrons. The van der Waals surface area contributed by atoms with E-state index in [1.165, 1.54) is 5.56 Å². The quantitative estimate of drug-likeness (QED) is 0.885. The lowest BCUT2D eigenvalue weighted by molar-refractivity contribution is -0.123. The highest BCUT2D eigenvalue weighted by Gasteiger charge is 2.14. The number of nitrogens with one attached hydrogen (secondary N) is 1. The number of carbonyl (C=O) groups is 1.